The van der Waals surface area contributed by atoms with Gasteiger partial charge in [-0.3, -0.25) is 0 Å². The van der Waals surface area contributed by atoms with Crippen molar-refractivity contribution in [2.24, 2.45) is 0 Å². The first-order valence-electron chi connectivity index (χ1n) is 6.61. The van der Waals surface area contributed by atoms with Crippen molar-refractivity contribution in [2.45, 2.75) is 24.3 Å². The second-order valence-electron chi connectivity index (χ2n) is 5.27. The summed E-state index contributed by atoms with van der Waals surface area (Å²) in [7, 11) is 0. The van der Waals surface area contributed by atoms with Crippen molar-refractivity contribution in [3.63, 3.8) is 0 Å². The van der Waals surface area contributed by atoms with Crippen LogP contribution < -0.4 is 0 Å². The van der Waals surface area contributed by atoms with Gasteiger partial charge in [-0.1, -0.05) is 35.9 Å². The fourth-order valence-corrected chi connectivity index (χ4v) is 3.38. The van der Waals surface area contributed by atoms with E-state index in [0.717, 1.165) is 11.3 Å². The average Bonchev–Trinajstić information content (AvgIpc) is 2.71. The maximum Gasteiger partial charge on any atom is 0.339 e. The molecule has 2 nitrogen and oxygen atoms in total. The molecule has 2 aromatic carbocycles. The van der Waals surface area contributed by atoms with Gasteiger partial charge < -0.3 is 4.74 Å². The molecule has 1 atom stereocenters. The van der Waals surface area contributed by atoms with Crippen molar-refractivity contribution in [2.75, 3.05) is 5.75 Å². The number of hydrogen-bond donors (Lipinski definition) is 0. The van der Waals surface area contributed by atoms with E-state index in [0.29, 0.717) is 5.56 Å². The molecule has 2 aromatic rings. The van der Waals surface area contributed by atoms with Crippen LogP contribution in [0.2, 0.25) is 0 Å². The van der Waals surface area contributed by atoms with Crippen molar-refractivity contribution in [3.8, 4) is 0 Å². The minimum atomic E-state index is -0.538. The van der Waals surface area contributed by atoms with E-state index in [1.165, 1.54) is 10.5 Å². The number of rotatable bonds is 3. The van der Waals surface area contributed by atoms with Crippen LogP contribution in [0.1, 0.15) is 28.4 Å². The number of hydrogen-bond acceptors (Lipinski definition) is 3. The molecule has 102 valence electrons. The number of aryl methyl sites for hydroxylation is 1. The summed E-state index contributed by atoms with van der Waals surface area (Å²) in [6.45, 7) is 4.06. The minimum Gasteiger partial charge on any atom is -0.450 e. The van der Waals surface area contributed by atoms with Gasteiger partial charge >= 0.3 is 5.97 Å². The maximum absolute atomic E-state index is 11.9. The normalized spacial score (nSPS) is 20.6. The highest BCUT2D eigenvalue weighted by Crippen LogP contribution is 2.39. The molecular weight excluding hydrogens is 268 g/mol. The van der Waals surface area contributed by atoms with Gasteiger partial charge in [-0.25, -0.2) is 4.79 Å². The summed E-state index contributed by atoms with van der Waals surface area (Å²) in [5.74, 6) is 0.506. The number of cyclic esters (lactones) is 1. The summed E-state index contributed by atoms with van der Waals surface area (Å²) < 4.78 is 5.60. The number of thioether (sulfide) groups is 1. The quantitative estimate of drug-likeness (QED) is 0.625. The van der Waals surface area contributed by atoms with E-state index in [4.69, 9.17) is 4.74 Å². The van der Waals surface area contributed by atoms with Crippen LogP contribution in [-0.4, -0.2) is 11.7 Å². The van der Waals surface area contributed by atoms with E-state index in [9.17, 15) is 4.79 Å². The third-order valence-corrected chi connectivity index (χ3v) is 4.87. The van der Waals surface area contributed by atoms with Crippen LogP contribution >= 0.6 is 11.8 Å². The third kappa shape index (κ3) is 2.34. The van der Waals surface area contributed by atoms with Crippen LogP contribution in [-0.2, 0) is 10.3 Å². The molecule has 0 bridgehead atoms. The van der Waals surface area contributed by atoms with Gasteiger partial charge in [0, 0.05) is 16.2 Å². The summed E-state index contributed by atoms with van der Waals surface area (Å²) in [5, 5.41) is 0. The Balaban J connectivity index is 1.81. The SMILES string of the molecule is Cc1ccc(SC[C@@]2(C)OC(=O)c3ccccc32)cc1. The molecule has 1 aliphatic heterocycles. The van der Waals surface area contributed by atoms with Gasteiger partial charge in [0.15, 0.2) is 0 Å². The van der Waals surface area contributed by atoms with Crippen LogP contribution in [0.4, 0.5) is 0 Å². The molecule has 0 aliphatic carbocycles. The number of carbonyl (C=O) groups is 1. The number of fused-ring (bicyclic) bond motifs is 1. The zero-order chi connectivity index (χ0) is 14.2. The molecule has 3 heteroatoms. The molecule has 1 heterocycles. The van der Waals surface area contributed by atoms with Gasteiger partial charge in [0.25, 0.3) is 0 Å². The van der Waals surface area contributed by atoms with E-state index in [1.807, 2.05) is 31.2 Å². The molecule has 0 N–H and O–H groups in total. The molecule has 0 spiro atoms. The Morgan fingerprint density at radius 2 is 1.80 bits per heavy atom. The Morgan fingerprint density at radius 1 is 1.10 bits per heavy atom. The Labute approximate surface area is 123 Å². The standard InChI is InChI=1S/C17H16O2S/c1-12-7-9-13(10-8-12)20-11-17(2)15-6-4-3-5-14(15)16(18)19-17/h3-10H,11H2,1-2H3/t17-/m1/s1. The predicted octanol–water partition coefficient (Wildman–Crippen LogP) is 4.17. The molecule has 3 rings (SSSR count). The first kappa shape index (κ1) is 13.3. The fraction of sp³-hybridized carbons (Fsp3) is 0.235. The lowest BCUT2D eigenvalue weighted by atomic mass is 9.96. The van der Waals surface area contributed by atoms with Crippen LogP contribution in [0.15, 0.2) is 53.4 Å². The van der Waals surface area contributed by atoms with E-state index in [-0.39, 0.29) is 5.97 Å². The Morgan fingerprint density at radius 3 is 2.55 bits per heavy atom. The lowest BCUT2D eigenvalue weighted by Crippen LogP contribution is -2.24. The monoisotopic (exact) mass is 284 g/mol. The van der Waals surface area contributed by atoms with Crippen LogP contribution in [0.5, 0.6) is 0 Å². The topological polar surface area (TPSA) is 26.3 Å². The minimum absolute atomic E-state index is 0.215. The van der Waals surface area contributed by atoms with E-state index in [2.05, 4.69) is 31.2 Å². The Kier molecular flexibility index (Phi) is 3.30. The molecular formula is C17H16O2S. The van der Waals surface area contributed by atoms with E-state index in [1.54, 1.807) is 11.8 Å². The molecule has 0 radical (unpaired) electrons. The predicted molar refractivity (Wildman–Crippen MR) is 81.1 cm³/mol. The summed E-state index contributed by atoms with van der Waals surface area (Å²) in [5.41, 5.74) is 2.39. The number of carbonyl (C=O) groups excluding carboxylic acids is 1. The highest BCUT2D eigenvalue weighted by molar-refractivity contribution is 7.99. The Bertz CT molecular complexity index is 648. The van der Waals surface area contributed by atoms with Gasteiger partial charge in [-0.05, 0) is 32.0 Å². The van der Waals surface area contributed by atoms with Gasteiger partial charge in [-0.15, -0.1) is 11.8 Å². The molecule has 1 aliphatic rings. The highest BCUT2D eigenvalue weighted by atomic mass is 32.2. The van der Waals surface area contributed by atoms with E-state index >= 15 is 0 Å². The number of ether oxygens (including phenoxy) is 1. The maximum atomic E-state index is 11.9. The molecule has 0 aromatic heterocycles. The van der Waals surface area contributed by atoms with Crippen molar-refractivity contribution in [3.05, 3.63) is 65.2 Å². The van der Waals surface area contributed by atoms with Gasteiger partial charge in [-0.2, -0.15) is 0 Å². The number of esters is 1. The van der Waals surface area contributed by atoms with Gasteiger partial charge in [0.2, 0.25) is 0 Å². The van der Waals surface area contributed by atoms with Crippen molar-refractivity contribution >= 4 is 17.7 Å². The lowest BCUT2D eigenvalue weighted by Gasteiger charge is -2.23. The van der Waals surface area contributed by atoms with Crippen molar-refractivity contribution < 1.29 is 9.53 Å². The Hall–Kier alpha value is -1.74. The molecule has 0 unspecified atom stereocenters. The first-order chi connectivity index (χ1) is 9.58. The fourth-order valence-electron chi connectivity index (χ4n) is 2.40. The zero-order valence-electron chi connectivity index (χ0n) is 11.6. The lowest BCUT2D eigenvalue weighted by molar-refractivity contribution is 0.0116. The first-order valence-corrected chi connectivity index (χ1v) is 7.59. The summed E-state index contributed by atoms with van der Waals surface area (Å²) in [6, 6.07) is 16.0. The van der Waals surface area contributed by atoms with Crippen LogP contribution in [0.25, 0.3) is 0 Å². The molecule has 0 saturated carbocycles. The second kappa shape index (κ2) is 4.98. The largest absolute Gasteiger partial charge is 0.450 e. The van der Waals surface area contributed by atoms with E-state index < -0.39 is 5.60 Å². The third-order valence-electron chi connectivity index (χ3n) is 3.57. The van der Waals surface area contributed by atoms with Crippen LogP contribution in [0.3, 0.4) is 0 Å². The zero-order valence-corrected chi connectivity index (χ0v) is 12.4. The molecule has 0 amide bonds. The molecule has 20 heavy (non-hydrogen) atoms. The van der Waals surface area contributed by atoms with Gasteiger partial charge in [0.05, 0.1) is 5.56 Å². The molecule has 0 saturated heterocycles. The second-order valence-corrected chi connectivity index (χ2v) is 6.32. The smallest absolute Gasteiger partial charge is 0.339 e. The highest BCUT2D eigenvalue weighted by Gasteiger charge is 2.41. The van der Waals surface area contributed by atoms with Crippen molar-refractivity contribution in [1.29, 1.82) is 0 Å². The number of benzene rings is 2. The van der Waals surface area contributed by atoms with Gasteiger partial charge in [0.1, 0.15) is 5.60 Å². The summed E-state index contributed by atoms with van der Waals surface area (Å²) in [6.07, 6.45) is 0. The molecule has 0 fully saturated rings. The summed E-state index contributed by atoms with van der Waals surface area (Å²) >= 11 is 1.71. The van der Waals surface area contributed by atoms with Crippen molar-refractivity contribution in [1.82, 2.24) is 0 Å². The summed E-state index contributed by atoms with van der Waals surface area (Å²) in [4.78, 5) is 13.1. The van der Waals surface area contributed by atoms with Crippen LogP contribution in [0, 0.1) is 6.92 Å². The average molecular weight is 284 g/mol.